The molecule has 2 amide bonds. The molecular formula is C24H21Cl3F6N2O2. The minimum Gasteiger partial charge on any atom is -0.345 e. The van der Waals surface area contributed by atoms with Gasteiger partial charge in [0, 0.05) is 5.56 Å². The molecule has 2 N–H and O–H groups in total. The first-order valence-electron chi connectivity index (χ1n) is 10.5. The molecule has 37 heavy (non-hydrogen) atoms. The summed E-state index contributed by atoms with van der Waals surface area (Å²) >= 11 is 17.6. The van der Waals surface area contributed by atoms with Crippen LogP contribution in [0, 0.1) is 6.92 Å². The van der Waals surface area contributed by atoms with Crippen LogP contribution in [0.25, 0.3) is 6.08 Å². The van der Waals surface area contributed by atoms with Gasteiger partial charge in [0.2, 0.25) is 5.91 Å². The molecule has 202 valence electrons. The summed E-state index contributed by atoms with van der Waals surface area (Å²) in [5.41, 5.74) is -1.13. The maximum absolute atomic E-state index is 13.7. The maximum Gasteiger partial charge on any atom is 0.405 e. The molecule has 2 rings (SSSR count). The van der Waals surface area contributed by atoms with Gasteiger partial charge in [0.1, 0.15) is 12.1 Å². The average Bonchev–Trinajstić information content (AvgIpc) is 2.74. The summed E-state index contributed by atoms with van der Waals surface area (Å²) in [6.07, 6.45) is -7.19. The Morgan fingerprint density at radius 2 is 1.54 bits per heavy atom. The lowest BCUT2D eigenvalue weighted by atomic mass is 9.96. The number of benzene rings is 2. The highest BCUT2D eigenvalue weighted by atomic mass is 35.5. The second-order valence-corrected chi connectivity index (χ2v) is 9.82. The Bertz CT molecular complexity index is 1190. The van der Waals surface area contributed by atoms with Gasteiger partial charge in [-0.3, -0.25) is 9.59 Å². The number of alkyl halides is 6. The highest BCUT2D eigenvalue weighted by Gasteiger charge is 2.39. The molecule has 1 atom stereocenters. The van der Waals surface area contributed by atoms with Crippen molar-refractivity contribution in [2.45, 2.75) is 44.6 Å². The molecule has 0 aliphatic carbocycles. The third-order valence-corrected chi connectivity index (χ3v) is 6.33. The fourth-order valence-corrected chi connectivity index (χ4v) is 3.84. The van der Waals surface area contributed by atoms with Crippen LogP contribution < -0.4 is 10.6 Å². The summed E-state index contributed by atoms with van der Waals surface area (Å²) in [5, 5.41) is 3.73. The van der Waals surface area contributed by atoms with Gasteiger partial charge in [-0.1, -0.05) is 59.1 Å². The number of nitrogens with one attached hydrogen (secondary N) is 2. The molecule has 0 saturated heterocycles. The second-order valence-electron chi connectivity index (χ2n) is 8.63. The lowest BCUT2D eigenvalue weighted by molar-refractivity contribution is -0.141. The smallest absolute Gasteiger partial charge is 0.345 e. The fraction of sp³-hybridized carbons (Fsp3) is 0.333. The summed E-state index contributed by atoms with van der Waals surface area (Å²) in [6, 6.07) is 6.29. The summed E-state index contributed by atoms with van der Waals surface area (Å²) < 4.78 is 78.3. The van der Waals surface area contributed by atoms with Gasteiger partial charge >= 0.3 is 12.4 Å². The molecule has 0 bridgehead atoms. The van der Waals surface area contributed by atoms with Crippen LogP contribution in [0.1, 0.15) is 46.8 Å². The number of hydrogen-bond acceptors (Lipinski definition) is 2. The minimum absolute atomic E-state index is 0.0671. The molecule has 0 saturated carbocycles. The van der Waals surface area contributed by atoms with Gasteiger partial charge in [-0.2, -0.15) is 26.3 Å². The number of carbonyl (C=O) groups is 2. The van der Waals surface area contributed by atoms with E-state index in [2.05, 4.69) is 5.32 Å². The van der Waals surface area contributed by atoms with E-state index in [1.807, 2.05) is 0 Å². The largest absolute Gasteiger partial charge is 0.405 e. The van der Waals surface area contributed by atoms with Crippen molar-refractivity contribution in [2.24, 2.45) is 0 Å². The topological polar surface area (TPSA) is 58.2 Å². The zero-order valence-electron chi connectivity index (χ0n) is 19.5. The SMILES string of the molecule is Cc1cc(C=CC(c2cc(Cl)c(Cl)c(Cl)c2)C(F)(F)F)ccc1C(=O)NC(C)(C)C(=O)NCC(F)(F)F. The van der Waals surface area contributed by atoms with E-state index in [4.69, 9.17) is 34.8 Å². The predicted molar refractivity (Wildman–Crippen MR) is 131 cm³/mol. The van der Waals surface area contributed by atoms with E-state index in [1.165, 1.54) is 45.0 Å². The molecule has 0 radical (unpaired) electrons. The zero-order valence-corrected chi connectivity index (χ0v) is 21.8. The van der Waals surface area contributed by atoms with Crippen molar-refractivity contribution < 1.29 is 35.9 Å². The maximum atomic E-state index is 13.7. The summed E-state index contributed by atoms with van der Waals surface area (Å²) in [7, 11) is 0. The Morgan fingerprint density at radius 1 is 0.973 bits per heavy atom. The van der Waals surface area contributed by atoms with E-state index in [-0.39, 0.29) is 26.2 Å². The third kappa shape index (κ3) is 8.55. The van der Waals surface area contributed by atoms with Crippen molar-refractivity contribution in [3.63, 3.8) is 0 Å². The van der Waals surface area contributed by atoms with Crippen molar-refractivity contribution in [2.75, 3.05) is 6.54 Å². The number of allylic oxidation sites excluding steroid dienone is 1. The Hall–Kier alpha value is -2.43. The minimum atomic E-state index is -4.68. The molecule has 0 fully saturated rings. The molecule has 1 unspecified atom stereocenters. The number of carbonyl (C=O) groups excluding carboxylic acids is 2. The number of hydrogen-bond donors (Lipinski definition) is 2. The molecule has 13 heteroatoms. The zero-order chi connectivity index (χ0) is 28.3. The van der Waals surface area contributed by atoms with E-state index in [0.29, 0.717) is 11.1 Å². The molecule has 0 heterocycles. The lowest BCUT2D eigenvalue weighted by Crippen LogP contribution is -2.56. The van der Waals surface area contributed by atoms with Crippen LogP contribution in [0.4, 0.5) is 26.3 Å². The van der Waals surface area contributed by atoms with Crippen molar-refractivity contribution in [1.29, 1.82) is 0 Å². The summed E-state index contributed by atoms with van der Waals surface area (Å²) in [4.78, 5) is 24.7. The molecule has 2 aromatic carbocycles. The Balaban J connectivity index is 2.24. The van der Waals surface area contributed by atoms with E-state index < -0.39 is 42.2 Å². The van der Waals surface area contributed by atoms with Gasteiger partial charge in [0.05, 0.1) is 21.0 Å². The van der Waals surface area contributed by atoms with Crippen LogP contribution >= 0.6 is 34.8 Å². The second kappa shape index (κ2) is 11.5. The van der Waals surface area contributed by atoms with Gasteiger partial charge in [-0.15, -0.1) is 0 Å². The molecule has 2 aromatic rings. The number of amides is 2. The highest BCUT2D eigenvalue weighted by Crippen LogP contribution is 2.41. The number of aryl methyl sites for hydroxylation is 1. The van der Waals surface area contributed by atoms with Crippen LogP contribution in [0.3, 0.4) is 0 Å². The standard InChI is InChI=1S/C24H21Cl3F6N2O2/c1-12-8-13(5-7-16(24(31,32)33)14-9-17(25)19(27)18(26)10-14)4-6-15(12)20(36)35-22(2,3)21(37)34-11-23(28,29)30/h4-10,16H,11H2,1-3H3,(H,34,37)(H,35,36). The molecule has 0 aliphatic heterocycles. The van der Waals surface area contributed by atoms with Crippen LogP contribution in [-0.2, 0) is 4.79 Å². The number of rotatable bonds is 7. The van der Waals surface area contributed by atoms with Gasteiger partial charge in [0.15, 0.2) is 0 Å². The first kappa shape index (κ1) is 30.8. The summed E-state index contributed by atoms with van der Waals surface area (Å²) in [6.45, 7) is 2.42. The molecular weight excluding hydrogens is 569 g/mol. The van der Waals surface area contributed by atoms with E-state index in [9.17, 15) is 35.9 Å². The van der Waals surface area contributed by atoms with Gasteiger partial charge < -0.3 is 10.6 Å². The van der Waals surface area contributed by atoms with Gasteiger partial charge in [-0.05, 0) is 55.7 Å². The Labute approximate surface area is 224 Å². The predicted octanol–water partition coefficient (Wildman–Crippen LogP) is 7.50. The van der Waals surface area contributed by atoms with Crippen molar-refractivity contribution in [3.8, 4) is 0 Å². The number of halogens is 9. The first-order chi connectivity index (χ1) is 16.8. The highest BCUT2D eigenvalue weighted by molar-refractivity contribution is 6.48. The molecule has 0 spiro atoms. The molecule has 0 aromatic heterocycles. The van der Waals surface area contributed by atoms with E-state index >= 15 is 0 Å². The normalized spacial score (nSPS) is 13.5. The summed E-state index contributed by atoms with van der Waals surface area (Å²) in [5.74, 6) is -3.85. The van der Waals surface area contributed by atoms with Crippen LogP contribution in [0.5, 0.6) is 0 Å². The van der Waals surface area contributed by atoms with Crippen LogP contribution in [0.15, 0.2) is 36.4 Å². The van der Waals surface area contributed by atoms with Gasteiger partial charge in [0.25, 0.3) is 5.91 Å². The molecule has 4 nitrogen and oxygen atoms in total. The van der Waals surface area contributed by atoms with Crippen LogP contribution in [-0.4, -0.2) is 36.3 Å². The average molecular weight is 590 g/mol. The monoisotopic (exact) mass is 588 g/mol. The Morgan fingerprint density at radius 3 is 2.03 bits per heavy atom. The van der Waals surface area contributed by atoms with Crippen LogP contribution in [0.2, 0.25) is 15.1 Å². The quantitative estimate of drug-likeness (QED) is 0.260. The lowest BCUT2D eigenvalue weighted by Gasteiger charge is -2.26. The molecule has 0 aliphatic rings. The Kier molecular flexibility index (Phi) is 9.60. The van der Waals surface area contributed by atoms with Crippen molar-refractivity contribution in [3.05, 3.63) is 73.7 Å². The van der Waals surface area contributed by atoms with E-state index in [0.717, 1.165) is 18.2 Å². The van der Waals surface area contributed by atoms with Crippen molar-refractivity contribution in [1.82, 2.24) is 10.6 Å². The fourth-order valence-electron chi connectivity index (χ4n) is 3.23. The van der Waals surface area contributed by atoms with Crippen molar-refractivity contribution >= 4 is 52.7 Å². The van der Waals surface area contributed by atoms with E-state index in [1.54, 1.807) is 5.32 Å². The third-order valence-electron chi connectivity index (χ3n) is 5.14. The first-order valence-corrected chi connectivity index (χ1v) is 11.6. The van der Waals surface area contributed by atoms with Gasteiger partial charge in [-0.25, -0.2) is 0 Å².